The number of aromatic nitrogens is 3. The van der Waals surface area contributed by atoms with Crippen molar-refractivity contribution in [1.29, 1.82) is 0 Å². The zero-order valence-corrected chi connectivity index (χ0v) is 16.5. The van der Waals surface area contributed by atoms with Crippen molar-refractivity contribution in [3.8, 4) is 5.69 Å². The lowest BCUT2D eigenvalue weighted by Gasteiger charge is -2.24. The molecule has 4 aromatic rings. The number of amides is 1. The summed E-state index contributed by atoms with van der Waals surface area (Å²) < 4.78 is 13.1. The number of carbonyl (C=O) groups excluding carboxylic acids is 1. The third kappa shape index (κ3) is 3.71. The second kappa shape index (κ2) is 8.12. The van der Waals surface area contributed by atoms with E-state index in [2.05, 4.69) is 16.3 Å². The topological polar surface area (TPSA) is 73.4 Å². The van der Waals surface area contributed by atoms with Crippen LogP contribution in [0.25, 0.3) is 16.7 Å². The maximum atomic E-state index is 13.3. The van der Waals surface area contributed by atoms with Gasteiger partial charge in [0.05, 0.1) is 19.5 Å². The molecule has 0 radical (unpaired) electrons. The molecule has 0 N–H and O–H groups in total. The number of nitrogens with zero attached hydrogens (tertiary/aromatic N) is 4. The van der Waals surface area contributed by atoms with Crippen LogP contribution in [0.5, 0.6) is 0 Å². The van der Waals surface area contributed by atoms with Gasteiger partial charge in [-0.05, 0) is 42.3 Å². The van der Waals surface area contributed by atoms with Crippen molar-refractivity contribution in [3.05, 3.63) is 78.6 Å². The van der Waals surface area contributed by atoms with Crippen LogP contribution in [0.2, 0.25) is 0 Å². The summed E-state index contributed by atoms with van der Waals surface area (Å²) in [4.78, 5) is 15.2. The van der Waals surface area contributed by atoms with Gasteiger partial charge < -0.3 is 14.1 Å². The van der Waals surface area contributed by atoms with Gasteiger partial charge in [0, 0.05) is 35.6 Å². The molecule has 1 amide bonds. The predicted molar refractivity (Wildman–Crippen MR) is 111 cm³/mol. The van der Waals surface area contributed by atoms with Gasteiger partial charge in [-0.2, -0.15) is 0 Å². The Bertz CT molecular complexity index is 1150. The fourth-order valence-electron chi connectivity index (χ4n) is 4.05. The molecular formula is C23H22N4O3. The molecule has 7 nitrogen and oxygen atoms in total. The monoisotopic (exact) mass is 402 g/mol. The standard InChI is InChI=1S/C23H22N4O3/c28-23(19-4-1-5-20(12-19)27-15-24-25-16-27)26-8-10-29-14-17(13-26)11-18-3-2-6-22-21(18)7-9-30-22/h1-7,9,12,15-17H,8,10-11,13-14H2/t17-/m1/s1. The number of hydrogen-bond donors (Lipinski definition) is 0. The van der Waals surface area contributed by atoms with Gasteiger partial charge in [0.25, 0.3) is 5.91 Å². The lowest BCUT2D eigenvalue weighted by molar-refractivity contribution is 0.0737. The van der Waals surface area contributed by atoms with E-state index in [1.807, 2.05) is 47.4 Å². The van der Waals surface area contributed by atoms with E-state index in [0.29, 0.717) is 31.9 Å². The van der Waals surface area contributed by atoms with Crippen LogP contribution in [-0.2, 0) is 11.2 Å². The van der Waals surface area contributed by atoms with Crippen LogP contribution in [0.4, 0.5) is 0 Å². The van der Waals surface area contributed by atoms with E-state index >= 15 is 0 Å². The minimum absolute atomic E-state index is 0.0157. The molecule has 1 aliphatic heterocycles. The summed E-state index contributed by atoms with van der Waals surface area (Å²) in [6.45, 7) is 2.42. The summed E-state index contributed by atoms with van der Waals surface area (Å²) in [5.41, 5.74) is 3.62. The Hall–Kier alpha value is -3.45. The van der Waals surface area contributed by atoms with E-state index in [1.165, 1.54) is 5.56 Å². The Balaban J connectivity index is 1.35. The van der Waals surface area contributed by atoms with E-state index in [1.54, 1.807) is 23.5 Å². The molecule has 3 heterocycles. The fraction of sp³-hybridized carbons (Fsp3) is 0.261. The predicted octanol–water partition coefficient (Wildman–Crippen LogP) is 3.34. The Kier molecular flexibility index (Phi) is 5.03. The molecule has 152 valence electrons. The maximum Gasteiger partial charge on any atom is 0.254 e. The molecule has 30 heavy (non-hydrogen) atoms. The third-order valence-corrected chi connectivity index (χ3v) is 5.53. The van der Waals surface area contributed by atoms with Gasteiger partial charge in [-0.1, -0.05) is 18.2 Å². The maximum absolute atomic E-state index is 13.3. The molecule has 0 saturated carbocycles. The number of fused-ring (bicyclic) bond motifs is 1. The molecule has 1 saturated heterocycles. The highest BCUT2D eigenvalue weighted by atomic mass is 16.5. The fourth-order valence-corrected chi connectivity index (χ4v) is 4.05. The lowest BCUT2D eigenvalue weighted by Crippen LogP contribution is -2.36. The first-order chi connectivity index (χ1) is 14.8. The van der Waals surface area contributed by atoms with Crippen molar-refractivity contribution in [2.24, 2.45) is 5.92 Å². The minimum atomic E-state index is 0.0157. The van der Waals surface area contributed by atoms with Crippen molar-refractivity contribution in [2.75, 3.05) is 26.3 Å². The number of hydrogen-bond acceptors (Lipinski definition) is 5. The van der Waals surface area contributed by atoms with Gasteiger partial charge in [-0.3, -0.25) is 9.36 Å². The van der Waals surface area contributed by atoms with Crippen LogP contribution in [-0.4, -0.2) is 51.9 Å². The highest BCUT2D eigenvalue weighted by molar-refractivity contribution is 5.94. The number of carbonyl (C=O) groups is 1. The zero-order chi connectivity index (χ0) is 20.3. The van der Waals surface area contributed by atoms with Crippen LogP contribution in [0.15, 0.2) is 71.9 Å². The van der Waals surface area contributed by atoms with Gasteiger partial charge in [-0.25, -0.2) is 0 Å². The Labute approximate surface area is 173 Å². The molecule has 5 rings (SSSR count). The Morgan fingerprint density at radius 2 is 1.97 bits per heavy atom. The average molecular weight is 402 g/mol. The minimum Gasteiger partial charge on any atom is -0.464 e. The van der Waals surface area contributed by atoms with E-state index in [4.69, 9.17) is 9.15 Å². The van der Waals surface area contributed by atoms with Crippen LogP contribution in [0.1, 0.15) is 15.9 Å². The summed E-state index contributed by atoms with van der Waals surface area (Å²) in [6.07, 6.45) is 5.80. The first kappa shape index (κ1) is 18.6. The molecule has 2 aromatic heterocycles. The van der Waals surface area contributed by atoms with Crippen LogP contribution in [0, 0.1) is 5.92 Å². The van der Waals surface area contributed by atoms with Crippen LogP contribution in [0.3, 0.4) is 0 Å². The molecule has 0 aliphatic carbocycles. The summed E-state index contributed by atoms with van der Waals surface area (Å²) in [6, 6.07) is 15.6. The number of furan rings is 1. The molecular weight excluding hydrogens is 380 g/mol. The largest absolute Gasteiger partial charge is 0.464 e. The molecule has 2 aromatic carbocycles. The summed E-state index contributed by atoms with van der Waals surface area (Å²) >= 11 is 0. The van der Waals surface area contributed by atoms with Crippen LogP contribution < -0.4 is 0 Å². The molecule has 7 heteroatoms. The number of ether oxygens (including phenoxy) is 1. The number of rotatable bonds is 4. The molecule has 1 aliphatic rings. The summed E-state index contributed by atoms with van der Waals surface area (Å²) in [5.74, 6) is 0.236. The van der Waals surface area contributed by atoms with Gasteiger partial charge >= 0.3 is 0 Å². The normalized spacial score (nSPS) is 17.2. The van der Waals surface area contributed by atoms with Crippen molar-refractivity contribution < 1.29 is 13.9 Å². The van der Waals surface area contributed by atoms with E-state index in [9.17, 15) is 4.79 Å². The van der Waals surface area contributed by atoms with Crippen molar-refractivity contribution in [2.45, 2.75) is 6.42 Å². The molecule has 1 fully saturated rings. The van der Waals surface area contributed by atoms with Crippen molar-refractivity contribution in [3.63, 3.8) is 0 Å². The van der Waals surface area contributed by atoms with Crippen molar-refractivity contribution >= 4 is 16.9 Å². The Morgan fingerprint density at radius 1 is 1.10 bits per heavy atom. The molecule has 0 unspecified atom stereocenters. The average Bonchev–Trinajstić information content (AvgIpc) is 3.43. The zero-order valence-electron chi connectivity index (χ0n) is 16.5. The SMILES string of the molecule is O=C(c1cccc(-n2cnnc2)c1)N1CCOC[C@H](Cc2cccc3occc23)C1. The smallest absolute Gasteiger partial charge is 0.254 e. The lowest BCUT2D eigenvalue weighted by atomic mass is 9.97. The first-order valence-corrected chi connectivity index (χ1v) is 10.0. The third-order valence-electron chi connectivity index (χ3n) is 5.53. The quantitative estimate of drug-likeness (QED) is 0.523. The van der Waals surface area contributed by atoms with Gasteiger partial charge in [0.1, 0.15) is 18.2 Å². The number of benzene rings is 2. The summed E-state index contributed by atoms with van der Waals surface area (Å²) in [5, 5.41) is 8.80. The van der Waals surface area contributed by atoms with E-state index < -0.39 is 0 Å². The van der Waals surface area contributed by atoms with E-state index in [0.717, 1.165) is 23.1 Å². The first-order valence-electron chi connectivity index (χ1n) is 10.0. The highest BCUT2D eigenvalue weighted by Gasteiger charge is 2.24. The Morgan fingerprint density at radius 3 is 2.87 bits per heavy atom. The molecule has 0 spiro atoms. The van der Waals surface area contributed by atoms with Crippen LogP contribution >= 0.6 is 0 Å². The summed E-state index contributed by atoms with van der Waals surface area (Å²) in [7, 11) is 0. The second-order valence-corrected chi connectivity index (χ2v) is 7.57. The molecule has 1 atom stereocenters. The van der Waals surface area contributed by atoms with E-state index in [-0.39, 0.29) is 11.8 Å². The van der Waals surface area contributed by atoms with Gasteiger partial charge in [0.2, 0.25) is 0 Å². The van der Waals surface area contributed by atoms with Crippen molar-refractivity contribution in [1.82, 2.24) is 19.7 Å². The highest BCUT2D eigenvalue weighted by Crippen LogP contribution is 2.24. The second-order valence-electron chi connectivity index (χ2n) is 7.57. The van der Waals surface area contributed by atoms with Gasteiger partial charge in [0.15, 0.2) is 0 Å². The van der Waals surface area contributed by atoms with Gasteiger partial charge in [-0.15, -0.1) is 10.2 Å². The molecule has 0 bridgehead atoms.